The molecular weight excluding hydrogens is 344 g/mol. The Hall–Kier alpha value is -2.26. The lowest BCUT2D eigenvalue weighted by molar-refractivity contribution is 0.101. The molecule has 2 heterocycles. The minimum Gasteiger partial charge on any atom is -0.358 e. The topological polar surface area (TPSA) is 105 Å². The van der Waals surface area contributed by atoms with Gasteiger partial charge in [-0.25, -0.2) is 13.0 Å². The highest BCUT2D eigenvalue weighted by molar-refractivity contribution is 7.89. The molecule has 0 spiro atoms. The summed E-state index contributed by atoms with van der Waals surface area (Å²) in [7, 11) is -3.48. The number of benzene rings is 1. The molecular formula is C16H20N4O4S. The molecule has 1 aromatic heterocycles. The second-order valence-electron chi connectivity index (χ2n) is 5.96. The van der Waals surface area contributed by atoms with Crippen LogP contribution in [0.4, 0.5) is 5.82 Å². The van der Waals surface area contributed by atoms with Crippen LogP contribution in [0, 0.1) is 6.92 Å². The number of hydrogen-bond acceptors (Lipinski definition) is 7. The van der Waals surface area contributed by atoms with E-state index in [9.17, 15) is 13.2 Å². The van der Waals surface area contributed by atoms with Crippen LogP contribution in [0.25, 0.3) is 0 Å². The standard InChI is InChI=1S/C16H20N4O4S/c1-12-16(19-24-18-12)17-11-15(21)13-5-7-14(8-6-13)25(22,23)20-9-3-2-4-10-20/h5-8H,2-4,9-11H2,1H3,(H,17,19). The number of sulfonamides is 1. The van der Waals surface area contributed by atoms with Crippen molar-refractivity contribution in [1.82, 2.24) is 14.6 Å². The van der Waals surface area contributed by atoms with E-state index in [-0.39, 0.29) is 17.2 Å². The first-order chi connectivity index (χ1) is 12.0. The van der Waals surface area contributed by atoms with Crippen molar-refractivity contribution in [3.05, 3.63) is 35.5 Å². The van der Waals surface area contributed by atoms with Crippen LogP contribution in [0.2, 0.25) is 0 Å². The zero-order valence-corrected chi connectivity index (χ0v) is 14.8. The number of aromatic nitrogens is 2. The minimum atomic E-state index is -3.48. The second-order valence-corrected chi connectivity index (χ2v) is 7.90. The van der Waals surface area contributed by atoms with Crippen LogP contribution in [-0.2, 0) is 10.0 Å². The number of aryl methyl sites for hydroxylation is 1. The van der Waals surface area contributed by atoms with E-state index >= 15 is 0 Å². The van der Waals surface area contributed by atoms with Gasteiger partial charge < -0.3 is 5.32 Å². The normalized spacial score (nSPS) is 15.9. The average molecular weight is 364 g/mol. The van der Waals surface area contributed by atoms with Gasteiger partial charge in [0.1, 0.15) is 5.69 Å². The number of Topliss-reactive ketones (excluding diaryl/α,β-unsaturated/α-hetero) is 1. The smallest absolute Gasteiger partial charge is 0.243 e. The van der Waals surface area contributed by atoms with E-state index < -0.39 is 10.0 Å². The summed E-state index contributed by atoms with van der Waals surface area (Å²) in [5.74, 6) is 0.238. The summed E-state index contributed by atoms with van der Waals surface area (Å²) in [6.07, 6.45) is 2.84. The molecule has 0 aliphatic carbocycles. The zero-order chi connectivity index (χ0) is 17.9. The summed E-state index contributed by atoms with van der Waals surface area (Å²) >= 11 is 0. The minimum absolute atomic E-state index is 0.0211. The molecule has 8 nitrogen and oxygen atoms in total. The predicted octanol–water partition coefficient (Wildman–Crippen LogP) is 1.85. The van der Waals surface area contributed by atoms with Crippen molar-refractivity contribution in [2.45, 2.75) is 31.1 Å². The van der Waals surface area contributed by atoms with Gasteiger partial charge in [-0.2, -0.15) is 4.31 Å². The van der Waals surface area contributed by atoms with E-state index in [0.29, 0.717) is 30.2 Å². The van der Waals surface area contributed by atoms with Crippen LogP contribution >= 0.6 is 0 Å². The van der Waals surface area contributed by atoms with Gasteiger partial charge in [0, 0.05) is 18.7 Å². The molecule has 1 aliphatic heterocycles. The first kappa shape index (κ1) is 17.6. The van der Waals surface area contributed by atoms with Gasteiger partial charge in [0.2, 0.25) is 10.0 Å². The van der Waals surface area contributed by atoms with E-state index in [1.54, 1.807) is 6.92 Å². The summed E-state index contributed by atoms with van der Waals surface area (Å²) in [6, 6.07) is 6.05. The summed E-state index contributed by atoms with van der Waals surface area (Å²) in [4.78, 5) is 12.4. The molecule has 0 saturated carbocycles. The fourth-order valence-electron chi connectivity index (χ4n) is 2.73. The Labute approximate surface area is 146 Å². The SMILES string of the molecule is Cc1nonc1NCC(=O)c1ccc(S(=O)(=O)N2CCCCC2)cc1. The van der Waals surface area contributed by atoms with Gasteiger partial charge in [0.15, 0.2) is 11.6 Å². The Bertz CT molecular complexity index is 839. The number of nitrogens with one attached hydrogen (secondary N) is 1. The Morgan fingerprint density at radius 3 is 2.44 bits per heavy atom. The number of anilines is 1. The Morgan fingerprint density at radius 1 is 1.16 bits per heavy atom. The van der Waals surface area contributed by atoms with Gasteiger partial charge in [-0.15, -0.1) is 0 Å². The maximum absolute atomic E-state index is 12.6. The Kier molecular flexibility index (Phi) is 5.14. The molecule has 0 atom stereocenters. The summed E-state index contributed by atoms with van der Waals surface area (Å²) in [6.45, 7) is 2.84. The van der Waals surface area contributed by atoms with Gasteiger partial charge in [0.25, 0.3) is 0 Å². The van der Waals surface area contributed by atoms with Gasteiger partial charge in [-0.05, 0) is 49.2 Å². The van der Waals surface area contributed by atoms with E-state index in [4.69, 9.17) is 0 Å². The summed E-state index contributed by atoms with van der Waals surface area (Å²) in [5.41, 5.74) is 0.995. The van der Waals surface area contributed by atoms with Gasteiger partial charge >= 0.3 is 0 Å². The number of hydrogen-bond donors (Lipinski definition) is 1. The summed E-state index contributed by atoms with van der Waals surface area (Å²) < 4.78 is 31.2. The summed E-state index contributed by atoms with van der Waals surface area (Å²) in [5, 5.41) is 10.1. The molecule has 0 unspecified atom stereocenters. The van der Waals surface area contributed by atoms with Crippen molar-refractivity contribution in [1.29, 1.82) is 0 Å². The largest absolute Gasteiger partial charge is 0.358 e. The van der Waals surface area contributed by atoms with E-state index in [2.05, 4.69) is 20.3 Å². The van der Waals surface area contributed by atoms with Crippen LogP contribution in [0.15, 0.2) is 33.8 Å². The third-order valence-corrected chi connectivity index (χ3v) is 6.11. The Morgan fingerprint density at radius 2 is 1.84 bits per heavy atom. The van der Waals surface area contributed by atoms with Gasteiger partial charge in [-0.3, -0.25) is 4.79 Å². The number of nitrogens with zero attached hydrogens (tertiary/aromatic N) is 3. The number of carbonyl (C=O) groups excluding carboxylic acids is 1. The molecule has 0 radical (unpaired) electrons. The fourth-order valence-corrected chi connectivity index (χ4v) is 4.24. The van der Waals surface area contributed by atoms with Crippen molar-refractivity contribution in [2.24, 2.45) is 0 Å². The highest BCUT2D eigenvalue weighted by Gasteiger charge is 2.25. The lowest BCUT2D eigenvalue weighted by Crippen LogP contribution is -2.35. The van der Waals surface area contributed by atoms with E-state index in [1.807, 2.05) is 0 Å². The van der Waals surface area contributed by atoms with Crippen molar-refractivity contribution in [3.63, 3.8) is 0 Å². The average Bonchev–Trinajstić information content (AvgIpc) is 3.05. The number of carbonyl (C=O) groups is 1. The van der Waals surface area contributed by atoms with Crippen molar-refractivity contribution in [2.75, 3.05) is 25.0 Å². The third kappa shape index (κ3) is 3.88. The van der Waals surface area contributed by atoms with Crippen LogP contribution in [0.3, 0.4) is 0 Å². The molecule has 0 bridgehead atoms. The fraction of sp³-hybridized carbons (Fsp3) is 0.438. The molecule has 9 heteroatoms. The molecule has 25 heavy (non-hydrogen) atoms. The van der Waals surface area contributed by atoms with Crippen molar-refractivity contribution < 1.29 is 17.8 Å². The van der Waals surface area contributed by atoms with Gasteiger partial charge in [0.05, 0.1) is 11.4 Å². The first-order valence-electron chi connectivity index (χ1n) is 8.15. The monoisotopic (exact) mass is 364 g/mol. The van der Waals surface area contributed by atoms with E-state index in [0.717, 1.165) is 19.3 Å². The van der Waals surface area contributed by atoms with Crippen LogP contribution < -0.4 is 5.32 Å². The quantitative estimate of drug-likeness (QED) is 0.780. The van der Waals surface area contributed by atoms with Crippen LogP contribution in [0.5, 0.6) is 0 Å². The first-order valence-corrected chi connectivity index (χ1v) is 9.59. The molecule has 2 aromatic rings. The van der Waals surface area contributed by atoms with E-state index in [1.165, 1.54) is 28.6 Å². The molecule has 1 saturated heterocycles. The van der Waals surface area contributed by atoms with Crippen LogP contribution in [-0.4, -0.2) is 48.5 Å². The molecule has 1 aliphatic rings. The molecule has 1 fully saturated rings. The molecule has 1 N–H and O–H groups in total. The number of ketones is 1. The van der Waals surface area contributed by atoms with Crippen LogP contribution in [0.1, 0.15) is 35.3 Å². The highest BCUT2D eigenvalue weighted by Crippen LogP contribution is 2.21. The lowest BCUT2D eigenvalue weighted by atomic mass is 10.1. The van der Waals surface area contributed by atoms with Gasteiger partial charge in [-0.1, -0.05) is 11.6 Å². The lowest BCUT2D eigenvalue weighted by Gasteiger charge is -2.25. The molecule has 0 amide bonds. The predicted molar refractivity (Wildman–Crippen MR) is 90.9 cm³/mol. The number of piperidine rings is 1. The number of rotatable bonds is 6. The highest BCUT2D eigenvalue weighted by atomic mass is 32.2. The molecule has 3 rings (SSSR count). The molecule has 1 aromatic carbocycles. The second kappa shape index (κ2) is 7.32. The zero-order valence-electron chi connectivity index (χ0n) is 13.9. The van der Waals surface area contributed by atoms with Crippen molar-refractivity contribution >= 4 is 21.6 Å². The maximum atomic E-state index is 12.6. The molecule has 134 valence electrons. The van der Waals surface area contributed by atoms with Crippen molar-refractivity contribution in [3.8, 4) is 0 Å². The third-order valence-electron chi connectivity index (χ3n) is 4.20. The Balaban J connectivity index is 1.67. The maximum Gasteiger partial charge on any atom is 0.243 e.